The minimum atomic E-state index is -0.533. The van der Waals surface area contributed by atoms with E-state index in [1.54, 1.807) is 24.3 Å². The Hall–Kier alpha value is -3.68. The number of nitrogens with one attached hydrogen (secondary N) is 2. The lowest BCUT2D eigenvalue weighted by atomic mass is 10.0. The maximum Gasteiger partial charge on any atom is 0.269 e. The first kappa shape index (κ1) is 21.0. The highest BCUT2D eigenvalue weighted by atomic mass is 16.6. The van der Waals surface area contributed by atoms with Gasteiger partial charge in [-0.05, 0) is 31.0 Å². The van der Waals surface area contributed by atoms with Gasteiger partial charge in [-0.25, -0.2) is 0 Å². The van der Waals surface area contributed by atoms with Crippen molar-refractivity contribution in [3.8, 4) is 5.75 Å². The molecule has 1 aliphatic rings. The maximum atomic E-state index is 13.0. The third-order valence-electron chi connectivity index (χ3n) is 5.02. The Labute approximate surface area is 174 Å². The van der Waals surface area contributed by atoms with Crippen LogP contribution < -0.4 is 15.4 Å². The molecule has 8 nitrogen and oxygen atoms in total. The molecule has 0 heterocycles. The minimum absolute atomic E-state index is 0.104. The molecule has 0 atom stereocenters. The average Bonchev–Trinajstić information content (AvgIpc) is 3.27. The van der Waals surface area contributed by atoms with Gasteiger partial charge in [0.1, 0.15) is 5.75 Å². The van der Waals surface area contributed by atoms with Crippen molar-refractivity contribution in [3.63, 3.8) is 0 Å². The maximum absolute atomic E-state index is 13.0. The number of methoxy groups -OCH3 is 1. The second-order valence-corrected chi connectivity index (χ2v) is 6.99. The van der Waals surface area contributed by atoms with Crippen molar-refractivity contribution in [2.75, 3.05) is 7.11 Å². The first-order valence-electron chi connectivity index (χ1n) is 9.69. The Morgan fingerprint density at radius 3 is 2.40 bits per heavy atom. The van der Waals surface area contributed by atoms with Crippen LogP contribution in [0.15, 0.2) is 54.7 Å². The predicted octanol–water partition coefficient (Wildman–Crippen LogP) is 3.43. The number of carbonyl (C=O) groups excluding carboxylic acids is 2. The predicted molar refractivity (Wildman–Crippen MR) is 112 cm³/mol. The Bertz CT molecular complexity index is 963. The van der Waals surface area contributed by atoms with Crippen LogP contribution in [0.5, 0.6) is 5.75 Å². The lowest BCUT2D eigenvalue weighted by Crippen LogP contribution is -2.34. The normalized spacial score (nSPS) is 14.2. The smallest absolute Gasteiger partial charge is 0.269 e. The van der Waals surface area contributed by atoms with E-state index in [9.17, 15) is 19.7 Å². The second kappa shape index (κ2) is 9.69. The highest BCUT2D eigenvalue weighted by molar-refractivity contribution is 6.20. The van der Waals surface area contributed by atoms with Crippen LogP contribution in [0, 0.1) is 10.1 Å². The zero-order valence-electron chi connectivity index (χ0n) is 16.6. The summed E-state index contributed by atoms with van der Waals surface area (Å²) in [6.07, 6.45) is 5.37. The van der Waals surface area contributed by atoms with Gasteiger partial charge in [0, 0.05) is 35.5 Å². The van der Waals surface area contributed by atoms with Crippen molar-refractivity contribution in [2.45, 2.75) is 31.7 Å². The fourth-order valence-corrected chi connectivity index (χ4v) is 3.42. The average molecular weight is 409 g/mol. The van der Waals surface area contributed by atoms with E-state index in [0.717, 1.165) is 25.7 Å². The fourth-order valence-electron chi connectivity index (χ4n) is 3.42. The monoisotopic (exact) mass is 409 g/mol. The summed E-state index contributed by atoms with van der Waals surface area (Å²) in [6.45, 7) is 0. The lowest BCUT2D eigenvalue weighted by Gasteiger charge is -2.16. The van der Waals surface area contributed by atoms with Crippen molar-refractivity contribution in [1.29, 1.82) is 0 Å². The molecule has 30 heavy (non-hydrogen) atoms. The van der Waals surface area contributed by atoms with Crippen molar-refractivity contribution >= 4 is 23.1 Å². The van der Waals surface area contributed by atoms with Gasteiger partial charge >= 0.3 is 0 Å². The number of amides is 2. The molecule has 2 N–H and O–H groups in total. The standard InChI is InChI=1S/C22H23N3O5/c1-30-20-9-5-4-8-18(20)19(22(27)24-16-6-2-3-7-16)14-23-21(26)15-10-12-17(13-11-15)25(28)29/h4-5,8-14,16H,2-3,6-7H2,1H3,(H,23,26)(H,24,27). The molecule has 156 valence electrons. The summed E-state index contributed by atoms with van der Waals surface area (Å²) in [5.74, 6) is -0.267. The van der Waals surface area contributed by atoms with Crippen LogP contribution in [-0.2, 0) is 4.79 Å². The summed E-state index contributed by atoms with van der Waals surface area (Å²) < 4.78 is 5.38. The van der Waals surface area contributed by atoms with E-state index in [1.165, 1.54) is 37.6 Å². The van der Waals surface area contributed by atoms with E-state index in [2.05, 4.69) is 10.6 Å². The minimum Gasteiger partial charge on any atom is -0.496 e. The Kier molecular flexibility index (Phi) is 6.79. The molecule has 0 spiro atoms. The quantitative estimate of drug-likeness (QED) is 0.413. The van der Waals surface area contributed by atoms with Crippen molar-refractivity contribution in [1.82, 2.24) is 10.6 Å². The Morgan fingerprint density at radius 1 is 1.10 bits per heavy atom. The molecule has 2 amide bonds. The van der Waals surface area contributed by atoms with Gasteiger partial charge in [-0.1, -0.05) is 31.0 Å². The zero-order chi connectivity index (χ0) is 21.5. The number of para-hydroxylation sites is 1. The molecule has 8 heteroatoms. The number of rotatable bonds is 7. The van der Waals surface area contributed by atoms with Crippen molar-refractivity contribution in [2.24, 2.45) is 0 Å². The first-order valence-corrected chi connectivity index (χ1v) is 9.69. The first-order chi connectivity index (χ1) is 14.5. The molecule has 0 unspecified atom stereocenters. The van der Waals surface area contributed by atoms with E-state index in [4.69, 9.17) is 4.74 Å². The van der Waals surface area contributed by atoms with Crippen LogP contribution in [0.4, 0.5) is 5.69 Å². The van der Waals surface area contributed by atoms with Crippen molar-refractivity contribution in [3.05, 3.63) is 76.0 Å². The van der Waals surface area contributed by atoms with Gasteiger partial charge in [-0.15, -0.1) is 0 Å². The van der Waals surface area contributed by atoms with Crippen LogP contribution in [0.25, 0.3) is 5.57 Å². The Morgan fingerprint density at radius 2 is 1.77 bits per heavy atom. The van der Waals surface area contributed by atoms with Crippen LogP contribution in [0.3, 0.4) is 0 Å². The highest BCUT2D eigenvalue weighted by Gasteiger charge is 2.22. The van der Waals surface area contributed by atoms with E-state index < -0.39 is 10.8 Å². The molecular weight excluding hydrogens is 386 g/mol. The molecule has 2 aromatic carbocycles. The van der Waals surface area contributed by atoms with Crippen LogP contribution >= 0.6 is 0 Å². The topological polar surface area (TPSA) is 111 Å². The number of carbonyl (C=O) groups is 2. The van der Waals surface area contributed by atoms with Gasteiger partial charge < -0.3 is 15.4 Å². The molecule has 2 aromatic rings. The summed E-state index contributed by atoms with van der Waals surface area (Å²) in [5, 5.41) is 16.4. The van der Waals surface area contributed by atoms with Gasteiger partial charge in [0.15, 0.2) is 0 Å². The summed E-state index contributed by atoms with van der Waals surface area (Å²) in [6, 6.07) is 12.4. The third-order valence-corrected chi connectivity index (χ3v) is 5.02. The molecular formula is C22H23N3O5. The summed E-state index contributed by atoms with van der Waals surface area (Å²) >= 11 is 0. The van der Waals surface area contributed by atoms with Crippen LogP contribution in [0.2, 0.25) is 0 Å². The number of hydrogen-bond acceptors (Lipinski definition) is 5. The van der Waals surface area contributed by atoms with E-state index in [1.807, 2.05) is 0 Å². The Balaban J connectivity index is 1.84. The largest absolute Gasteiger partial charge is 0.496 e. The molecule has 0 radical (unpaired) electrons. The van der Waals surface area contributed by atoms with Gasteiger partial charge in [-0.3, -0.25) is 19.7 Å². The van der Waals surface area contributed by atoms with Crippen molar-refractivity contribution < 1.29 is 19.2 Å². The van der Waals surface area contributed by atoms with E-state index >= 15 is 0 Å². The number of ether oxygens (including phenoxy) is 1. The highest BCUT2D eigenvalue weighted by Crippen LogP contribution is 2.27. The number of hydrogen-bond donors (Lipinski definition) is 2. The molecule has 1 aliphatic carbocycles. The number of nitro groups is 1. The lowest BCUT2D eigenvalue weighted by molar-refractivity contribution is -0.384. The molecule has 1 saturated carbocycles. The number of nitrogens with zero attached hydrogens (tertiary/aromatic N) is 1. The second-order valence-electron chi connectivity index (χ2n) is 6.99. The van der Waals surface area contributed by atoms with Gasteiger partial charge in [0.25, 0.3) is 17.5 Å². The molecule has 0 bridgehead atoms. The third kappa shape index (κ3) is 5.02. The van der Waals surface area contributed by atoms with Gasteiger partial charge in [0.05, 0.1) is 17.6 Å². The summed E-state index contributed by atoms with van der Waals surface area (Å²) in [4.78, 5) is 35.7. The van der Waals surface area contributed by atoms with Gasteiger partial charge in [-0.2, -0.15) is 0 Å². The van der Waals surface area contributed by atoms with E-state index in [0.29, 0.717) is 11.3 Å². The molecule has 0 aliphatic heterocycles. The van der Waals surface area contributed by atoms with Gasteiger partial charge in [0.2, 0.25) is 0 Å². The molecule has 0 saturated heterocycles. The zero-order valence-corrected chi connectivity index (χ0v) is 16.6. The molecule has 1 fully saturated rings. The van der Waals surface area contributed by atoms with Crippen LogP contribution in [0.1, 0.15) is 41.6 Å². The molecule has 3 rings (SSSR count). The fraction of sp³-hybridized carbons (Fsp3) is 0.273. The molecule has 0 aromatic heterocycles. The SMILES string of the molecule is COc1ccccc1C(=CNC(=O)c1ccc([N+](=O)[O-])cc1)C(=O)NC1CCCC1. The number of non-ortho nitro benzene ring substituents is 1. The number of nitro benzene ring substituents is 1. The summed E-state index contributed by atoms with van der Waals surface area (Å²) in [5.41, 5.74) is 0.967. The van der Waals surface area contributed by atoms with E-state index in [-0.39, 0.29) is 28.8 Å². The number of benzene rings is 2. The van der Waals surface area contributed by atoms with Crippen LogP contribution in [-0.4, -0.2) is 29.9 Å². The summed E-state index contributed by atoms with van der Waals surface area (Å²) in [7, 11) is 1.51.